The van der Waals surface area contributed by atoms with Gasteiger partial charge in [0.25, 0.3) is 0 Å². The molecule has 1 saturated heterocycles. The summed E-state index contributed by atoms with van der Waals surface area (Å²) in [4.78, 5) is 0. The molecule has 18 heavy (non-hydrogen) atoms. The molecule has 1 aromatic heterocycles. The fraction of sp³-hybridized carbons (Fsp3) is 0.357. The van der Waals surface area contributed by atoms with Crippen LogP contribution in [-0.4, -0.2) is 28.5 Å². The zero-order valence-corrected chi connectivity index (χ0v) is 10.5. The number of rotatable bonds is 4. The molecule has 1 N–H and O–H groups in total. The van der Waals surface area contributed by atoms with Gasteiger partial charge in [0.1, 0.15) is 0 Å². The van der Waals surface area contributed by atoms with Gasteiger partial charge in [0, 0.05) is 24.8 Å². The van der Waals surface area contributed by atoms with Crippen molar-refractivity contribution in [3.63, 3.8) is 0 Å². The van der Waals surface area contributed by atoms with E-state index in [0.717, 1.165) is 24.3 Å². The lowest BCUT2D eigenvalue weighted by Crippen LogP contribution is -2.58. The summed E-state index contributed by atoms with van der Waals surface area (Å²) in [6, 6.07) is 10.1. The van der Waals surface area contributed by atoms with Gasteiger partial charge in [-0.1, -0.05) is 18.2 Å². The van der Waals surface area contributed by atoms with E-state index in [-0.39, 0.29) is 5.60 Å². The molecular formula is C14H17N3O. The number of hydrogen-bond acceptors (Lipinski definition) is 3. The zero-order chi connectivity index (χ0) is 12.4. The number of aromatic nitrogens is 2. The number of para-hydroxylation sites is 1. The van der Waals surface area contributed by atoms with Crippen LogP contribution in [0.15, 0.2) is 42.7 Å². The molecule has 2 aromatic rings. The van der Waals surface area contributed by atoms with E-state index in [1.807, 2.05) is 47.4 Å². The van der Waals surface area contributed by atoms with Crippen LogP contribution in [0.3, 0.4) is 0 Å². The zero-order valence-electron chi connectivity index (χ0n) is 10.5. The van der Waals surface area contributed by atoms with E-state index in [1.165, 1.54) is 0 Å². The molecule has 0 radical (unpaired) electrons. The molecule has 2 heterocycles. The Balaban J connectivity index is 1.66. The first-order valence-corrected chi connectivity index (χ1v) is 6.19. The first-order valence-electron chi connectivity index (χ1n) is 6.19. The number of hydrogen-bond donors (Lipinski definition) is 1. The predicted molar refractivity (Wildman–Crippen MR) is 69.6 cm³/mol. The number of nitrogens with one attached hydrogen (secondary N) is 1. The maximum absolute atomic E-state index is 5.88. The van der Waals surface area contributed by atoms with Gasteiger partial charge >= 0.3 is 0 Å². The minimum atomic E-state index is -0.00511. The molecule has 1 fully saturated rings. The van der Waals surface area contributed by atoms with E-state index < -0.39 is 0 Å². The molecule has 0 amide bonds. The SMILES string of the molecule is CC1(OCc2cnn(-c3ccccc3)c2)CNC1. The van der Waals surface area contributed by atoms with E-state index in [9.17, 15) is 0 Å². The fourth-order valence-corrected chi connectivity index (χ4v) is 1.99. The Hall–Kier alpha value is -1.65. The minimum absolute atomic E-state index is 0.00511. The summed E-state index contributed by atoms with van der Waals surface area (Å²) < 4.78 is 7.76. The van der Waals surface area contributed by atoms with E-state index in [0.29, 0.717) is 6.61 Å². The molecule has 4 nitrogen and oxygen atoms in total. The summed E-state index contributed by atoms with van der Waals surface area (Å²) >= 11 is 0. The van der Waals surface area contributed by atoms with Gasteiger partial charge in [-0.05, 0) is 19.1 Å². The molecule has 1 aromatic carbocycles. The van der Waals surface area contributed by atoms with Crippen LogP contribution in [0.4, 0.5) is 0 Å². The molecule has 4 heteroatoms. The Morgan fingerprint density at radius 1 is 1.33 bits per heavy atom. The largest absolute Gasteiger partial charge is 0.368 e. The second-order valence-corrected chi connectivity index (χ2v) is 4.97. The van der Waals surface area contributed by atoms with Crippen molar-refractivity contribution in [3.8, 4) is 5.69 Å². The summed E-state index contributed by atoms with van der Waals surface area (Å²) in [5, 5.41) is 7.58. The average Bonchev–Trinajstić information content (AvgIpc) is 2.84. The van der Waals surface area contributed by atoms with Crippen LogP contribution < -0.4 is 5.32 Å². The number of ether oxygens (including phenoxy) is 1. The first-order chi connectivity index (χ1) is 8.75. The number of benzene rings is 1. The van der Waals surface area contributed by atoms with E-state index in [2.05, 4.69) is 17.3 Å². The average molecular weight is 243 g/mol. The summed E-state index contributed by atoms with van der Waals surface area (Å²) in [6.45, 7) is 4.61. The van der Waals surface area contributed by atoms with Crippen LogP contribution >= 0.6 is 0 Å². The Bertz CT molecular complexity index is 517. The summed E-state index contributed by atoms with van der Waals surface area (Å²) in [5.41, 5.74) is 2.17. The molecule has 0 unspecified atom stereocenters. The predicted octanol–water partition coefficient (Wildman–Crippen LogP) is 1.75. The molecule has 1 aliphatic heterocycles. The molecule has 0 spiro atoms. The highest BCUT2D eigenvalue weighted by atomic mass is 16.5. The lowest BCUT2D eigenvalue weighted by atomic mass is 10.0. The highest BCUT2D eigenvalue weighted by molar-refractivity contribution is 5.30. The monoisotopic (exact) mass is 243 g/mol. The van der Waals surface area contributed by atoms with Crippen molar-refractivity contribution in [1.29, 1.82) is 0 Å². The van der Waals surface area contributed by atoms with Crippen LogP contribution in [0.25, 0.3) is 5.69 Å². The van der Waals surface area contributed by atoms with Crippen molar-refractivity contribution in [1.82, 2.24) is 15.1 Å². The molecule has 0 atom stereocenters. The van der Waals surface area contributed by atoms with Gasteiger partial charge in [-0.3, -0.25) is 0 Å². The quantitative estimate of drug-likeness (QED) is 0.889. The first kappa shape index (κ1) is 11.4. The van der Waals surface area contributed by atoms with Crippen molar-refractivity contribution in [2.75, 3.05) is 13.1 Å². The van der Waals surface area contributed by atoms with Crippen LogP contribution in [0.5, 0.6) is 0 Å². The third kappa shape index (κ3) is 2.30. The van der Waals surface area contributed by atoms with Crippen molar-refractivity contribution in [3.05, 3.63) is 48.3 Å². The van der Waals surface area contributed by atoms with Crippen molar-refractivity contribution in [2.24, 2.45) is 0 Å². The summed E-state index contributed by atoms with van der Waals surface area (Å²) in [5.74, 6) is 0. The van der Waals surface area contributed by atoms with Gasteiger partial charge in [0.2, 0.25) is 0 Å². The Labute approximate surface area is 107 Å². The van der Waals surface area contributed by atoms with E-state index in [1.54, 1.807) is 0 Å². The van der Waals surface area contributed by atoms with Crippen molar-refractivity contribution < 1.29 is 4.74 Å². The Morgan fingerprint density at radius 2 is 2.11 bits per heavy atom. The third-order valence-electron chi connectivity index (χ3n) is 3.24. The summed E-state index contributed by atoms with van der Waals surface area (Å²) in [6.07, 6.45) is 3.88. The van der Waals surface area contributed by atoms with Crippen LogP contribution in [0.1, 0.15) is 12.5 Å². The van der Waals surface area contributed by atoms with Gasteiger partial charge in [0.15, 0.2) is 0 Å². The molecular weight excluding hydrogens is 226 g/mol. The van der Waals surface area contributed by atoms with Gasteiger partial charge in [0.05, 0.1) is 24.1 Å². The van der Waals surface area contributed by atoms with Gasteiger partial charge in [-0.2, -0.15) is 5.10 Å². The van der Waals surface area contributed by atoms with Gasteiger partial charge in [-0.15, -0.1) is 0 Å². The highest BCUT2D eigenvalue weighted by Crippen LogP contribution is 2.18. The number of nitrogens with zero attached hydrogens (tertiary/aromatic N) is 2. The summed E-state index contributed by atoms with van der Waals surface area (Å²) in [7, 11) is 0. The molecule has 0 aliphatic carbocycles. The van der Waals surface area contributed by atoms with Crippen LogP contribution in [0, 0.1) is 0 Å². The maximum Gasteiger partial charge on any atom is 0.0906 e. The fourth-order valence-electron chi connectivity index (χ4n) is 1.99. The van der Waals surface area contributed by atoms with Gasteiger partial charge in [-0.25, -0.2) is 4.68 Å². The molecule has 3 rings (SSSR count). The van der Waals surface area contributed by atoms with Crippen LogP contribution in [-0.2, 0) is 11.3 Å². The smallest absolute Gasteiger partial charge is 0.0906 e. The lowest BCUT2D eigenvalue weighted by Gasteiger charge is -2.38. The van der Waals surface area contributed by atoms with Crippen molar-refractivity contribution in [2.45, 2.75) is 19.1 Å². The lowest BCUT2D eigenvalue weighted by molar-refractivity contribution is -0.0767. The second kappa shape index (κ2) is 4.55. The highest BCUT2D eigenvalue weighted by Gasteiger charge is 2.32. The molecule has 0 saturated carbocycles. The van der Waals surface area contributed by atoms with Crippen molar-refractivity contribution >= 4 is 0 Å². The standard InChI is InChI=1S/C14H17N3O/c1-14(10-15-11-14)18-9-12-7-16-17(8-12)13-5-3-2-4-6-13/h2-8,15H,9-11H2,1H3. The van der Waals surface area contributed by atoms with Gasteiger partial charge < -0.3 is 10.1 Å². The molecule has 1 aliphatic rings. The maximum atomic E-state index is 5.88. The normalized spacial score (nSPS) is 17.4. The molecule has 94 valence electrons. The minimum Gasteiger partial charge on any atom is -0.368 e. The second-order valence-electron chi connectivity index (χ2n) is 4.97. The third-order valence-corrected chi connectivity index (χ3v) is 3.24. The Morgan fingerprint density at radius 3 is 2.78 bits per heavy atom. The van der Waals surface area contributed by atoms with E-state index in [4.69, 9.17) is 4.74 Å². The van der Waals surface area contributed by atoms with Crippen LogP contribution in [0.2, 0.25) is 0 Å². The Kier molecular flexibility index (Phi) is 2.89. The molecule has 0 bridgehead atoms. The topological polar surface area (TPSA) is 39.1 Å². The van der Waals surface area contributed by atoms with E-state index >= 15 is 0 Å².